The molecule has 1 rings (SSSR count). The molecule has 0 atom stereocenters. The molecule has 6 heteroatoms. The van der Waals surface area contributed by atoms with Gasteiger partial charge in [-0.15, -0.1) is 0 Å². The number of carboxylic acids is 1. The number of hydrogen-bond donors (Lipinski definition) is 2. The molecule has 0 aliphatic heterocycles. The number of aliphatic carboxylic acids is 1. The van der Waals surface area contributed by atoms with E-state index < -0.39 is 5.97 Å². The highest BCUT2D eigenvalue weighted by Crippen LogP contribution is 2.09. The summed E-state index contributed by atoms with van der Waals surface area (Å²) in [6, 6.07) is 8.50. The van der Waals surface area contributed by atoms with Crippen molar-refractivity contribution in [1.29, 1.82) is 5.26 Å². The zero-order chi connectivity index (χ0) is 15.8. The summed E-state index contributed by atoms with van der Waals surface area (Å²) >= 11 is 0. The van der Waals surface area contributed by atoms with Crippen molar-refractivity contribution in [3.05, 3.63) is 29.8 Å². The molecule has 1 amide bonds. The van der Waals surface area contributed by atoms with Gasteiger partial charge in [0.15, 0.2) is 0 Å². The second-order valence-electron chi connectivity index (χ2n) is 5.19. The summed E-state index contributed by atoms with van der Waals surface area (Å²) in [7, 11) is 0. The average molecular weight is 289 g/mol. The summed E-state index contributed by atoms with van der Waals surface area (Å²) in [5.41, 5.74) is 1.10. The lowest BCUT2D eigenvalue weighted by Gasteiger charge is -2.21. The van der Waals surface area contributed by atoms with Gasteiger partial charge >= 0.3 is 5.97 Å². The molecule has 0 saturated heterocycles. The fraction of sp³-hybridized carbons (Fsp3) is 0.400. The van der Waals surface area contributed by atoms with E-state index in [0.29, 0.717) is 17.8 Å². The number of carbonyl (C=O) groups excluding carboxylic acids is 1. The number of nitriles is 1. The highest BCUT2D eigenvalue weighted by Gasteiger charge is 2.15. The largest absolute Gasteiger partial charge is 0.480 e. The fourth-order valence-electron chi connectivity index (χ4n) is 1.92. The van der Waals surface area contributed by atoms with Crippen LogP contribution in [0.4, 0.5) is 5.69 Å². The van der Waals surface area contributed by atoms with Crippen molar-refractivity contribution < 1.29 is 14.7 Å². The first kappa shape index (κ1) is 16.7. The number of rotatable bonds is 7. The molecule has 1 aromatic carbocycles. The molecular formula is C15H19N3O3. The topological polar surface area (TPSA) is 93.4 Å². The van der Waals surface area contributed by atoms with Gasteiger partial charge in [-0.2, -0.15) is 5.26 Å². The van der Waals surface area contributed by atoms with Crippen molar-refractivity contribution in [3.63, 3.8) is 0 Å². The monoisotopic (exact) mass is 289 g/mol. The van der Waals surface area contributed by atoms with Crippen LogP contribution >= 0.6 is 0 Å². The Morgan fingerprint density at radius 3 is 2.38 bits per heavy atom. The Hall–Kier alpha value is -2.39. The smallest absolute Gasteiger partial charge is 0.317 e. The summed E-state index contributed by atoms with van der Waals surface area (Å²) in [5.74, 6) is -0.963. The van der Waals surface area contributed by atoms with Crippen LogP contribution in [-0.2, 0) is 9.59 Å². The van der Waals surface area contributed by atoms with E-state index in [1.165, 1.54) is 0 Å². The molecule has 0 aliphatic carbocycles. The quantitative estimate of drug-likeness (QED) is 0.794. The summed E-state index contributed by atoms with van der Waals surface area (Å²) < 4.78 is 0. The minimum Gasteiger partial charge on any atom is -0.480 e. The van der Waals surface area contributed by atoms with Crippen molar-refractivity contribution >= 4 is 17.6 Å². The highest BCUT2D eigenvalue weighted by molar-refractivity contribution is 5.92. The number of carboxylic acid groups (broad SMARTS) is 1. The van der Waals surface area contributed by atoms with Crippen LogP contribution < -0.4 is 5.32 Å². The third-order valence-electron chi connectivity index (χ3n) is 2.65. The van der Waals surface area contributed by atoms with E-state index in [1.54, 1.807) is 29.2 Å². The van der Waals surface area contributed by atoms with E-state index in [4.69, 9.17) is 10.4 Å². The van der Waals surface area contributed by atoms with E-state index in [1.807, 2.05) is 19.9 Å². The molecule has 6 nitrogen and oxygen atoms in total. The predicted octanol–water partition coefficient (Wildman–Crippen LogP) is 1.54. The van der Waals surface area contributed by atoms with Crippen LogP contribution in [0.2, 0.25) is 0 Å². The van der Waals surface area contributed by atoms with Crippen LogP contribution in [0.3, 0.4) is 0 Å². The van der Waals surface area contributed by atoms with Gasteiger partial charge in [-0.05, 0) is 30.2 Å². The molecule has 0 radical (unpaired) electrons. The second kappa shape index (κ2) is 8.02. The standard InChI is InChI=1S/C15H19N3O3/c1-11(2)8-18(10-15(20)21)9-14(19)17-13-5-3-12(7-16)4-6-13/h3-6,11H,8-10H2,1-2H3,(H,17,19)(H,20,21). The SMILES string of the molecule is CC(C)CN(CC(=O)O)CC(=O)Nc1ccc(C#N)cc1. The lowest BCUT2D eigenvalue weighted by atomic mass is 10.2. The Labute approximate surface area is 124 Å². The zero-order valence-corrected chi connectivity index (χ0v) is 12.2. The summed E-state index contributed by atoms with van der Waals surface area (Å²) in [5, 5.41) is 20.2. The van der Waals surface area contributed by atoms with Crippen molar-refractivity contribution in [2.24, 2.45) is 5.92 Å². The van der Waals surface area contributed by atoms with Crippen LogP contribution in [0.25, 0.3) is 0 Å². The maximum absolute atomic E-state index is 11.9. The number of anilines is 1. The number of benzene rings is 1. The Kier molecular flexibility index (Phi) is 6.37. The Bertz CT molecular complexity index is 532. The second-order valence-corrected chi connectivity index (χ2v) is 5.19. The number of nitrogens with zero attached hydrogens (tertiary/aromatic N) is 2. The normalized spacial score (nSPS) is 10.4. The highest BCUT2D eigenvalue weighted by atomic mass is 16.4. The first-order valence-electron chi connectivity index (χ1n) is 6.65. The van der Waals surface area contributed by atoms with Gasteiger partial charge in [-0.1, -0.05) is 13.8 Å². The molecule has 112 valence electrons. The summed E-state index contributed by atoms with van der Waals surface area (Å²) in [6.45, 7) is 4.32. The molecular weight excluding hydrogens is 270 g/mol. The third kappa shape index (κ3) is 6.54. The first-order chi connectivity index (χ1) is 9.90. The van der Waals surface area contributed by atoms with E-state index in [0.717, 1.165) is 0 Å². The Morgan fingerprint density at radius 2 is 1.90 bits per heavy atom. The Balaban J connectivity index is 2.59. The average Bonchev–Trinajstić information content (AvgIpc) is 2.37. The number of carbonyl (C=O) groups is 2. The fourth-order valence-corrected chi connectivity index (χ4v) is 1.92. The maximum atomic E-state index is 11.9. The molecule has 0 spiro atoms. The first-order valence-corrected chi connectivity index (χ1v) is 6.65. The van der Waals surface area contributed by atoms with Crippen molar-refractivity contribution in [2.75, 3.05) is 25.0 Å². The van der Waals surface area contributed by atoms with Gasteiger partial charge in [-0.3, -0.25) is 14.5 Å². The zero-order valence-electron chi connectivity index (χ0n) is 12.2. The van der Waals surface area contributed by atoms with Crippen molar-refractivity contribution in [2.45, 2.75) is 13.8 Å². The minimum atomic E-state index is -0.957. The predicted molar refractivity (Wildman–Crippen MR) is 78.7 cm³/mol. The van der Waals surface area contributed by atoms with Gasteiger partial charge in [-0.25, -0.2) is 0 Å². The molecule has 0 heterocycles. The minimum absolute atomic E-state index is 0.0183. The van der Waals surface area contributed by atoms with Crippen molar-refractivity contribution in [1.82, 2.24) is 4.90 Å². The maximum Gasteiger partial charge on any atom is 0.317 e. The molecule has 0 aliphatic rings. The lowest BCUT2D eigenvalue weighted by Crippen LogP contribution is -2.39. The number of nitrogens with one attached hydrogen (secondary N) is 1. The molecule has 21 heavy (non-hydrogen) atoms. The molecule has 0 saturated carbocycles. The summed E-state index contributed by atoms with van der Waals surface area (Å²) in [4.78, 5) is 24.3. The van der Waals surface area contributed by atoms with Gasteiger partial charge < -0.3 is 10.4 Å². The molecule has 0 unspecified atom stereocenters. The van der Waals surface area contributed by atoms with E-state index in [-0.39, 0.29) is 24.9 Å². The van der Waals surface area contributed by atoms with Gasteiger partial charge in [0.25, 0.3) is 0 Å². The molecule has 1 aromatic rings. The molecule has 0 aromatic heterocycles. The molecule has 0 fully saturated rings. The number of hydrogen-bond acceptors (Lipinski definition) is 4. The van der Waals surface area contributed by atoms with Gasteiger partial charge in [0.05, 0.1) is 24.7 Å². The third-order valence-corrected chi connectivity index (χ3v) is 2.65. The molecule has 2 N–H and O–H groups in total. The van der Waals surface area contributed by atoms with Crippen LogP contribution in [-0.4, -0.2) is 41.5 Å². The van der Waals surface area contributed by atoms with E-state index in [2.05, 4.69) is 5.32 Å². The van der Waals surface area contributed by atoms with Gasteiger partial charge in [0, 0.05) is 12.2 Å². The van der Waals surface area contributed by atoms with Gasteiger partial charge in [0.1, 0.15) is 0 Å². The lowest BCUT2D eigenvalue weighted by molar-refractivity contribution is -0.138. The van der Waals surface area contributed by atoms with Crippen LogP contribution in [0.1, 0.15) is 19.4 Å². The van der Waals surface area contributed by atoms with Crippen LogP contribution in [0.5, 0.6) is 0 Å². The van der Waals surface area contributed by atoms with Gasteiger partial charge in [0.2, 0.25) is 5.91 Å². The van der Waals surface area contributed by atoms with E-state index >= 15 is 0 Å². The van der Waals surface area contributed by atoms with Crippen molar-refractivity contribution in [3.8, 4) is 6.07 Å². The summed E-state index contributed by atoms with van der Waals surface area (Å²) in [6.07, 6.45) is 0. The van der Waals surface area contributed by atoms with E-state index in [9.17, 15) is 9.59 Å². The van der Waals surface area contributed by atoms with Crippen LogP contribution in [0.15, 0.2) is 24.3 Å². The Morgan fingerprint density at radius 1 is 1.29 bits per heavy atom. The molecule has 0 bridgehead atoms. The number of amides is 1. The van der Waals surface area contributed by atoms with Crippen LogP contribution in [0, 0.1) is 17.2 Å².